The van der Waals surface area contributed by atoms with E-state index in [1.807, 2.05) is 13.8 Å². The van der Waals surface area contributed by atoms with Crippen LogP contribution in [0.3, 0.4) is 0 Å². The first kappa shape index (κ1) is 44.4. The van der Waals surface area contributed by atoms with Gasteiger partial charge in [-0.3, -0.25) is 0 Å². The van der Waals surface area contributed by atoms with E-state index in [2.05, 4.69) is 98.8 Å². The number of rotatable bonds is 4. The molecular formula is C26H58. The van der Waals surface area contributed by atoms with E-state index in [-0.39, 0.29) is 22.3 Å². The molecule has 0 aliphatic heterocycles. The van der Waals surface area contributed by atoms with Crippen molar-refractivity contribution in [2.75, 3.05) is 0 Å². The highest BCUT2D eigenvalue weighted by Gasteiger charge is 1.76. The Bertz CT molecular complexity index is 294. The Labute approximate surface area is 171 Å². The molecule has 0 aromatic rings. The molecule has 0 heteroatoms. The van der Waals surface area contributed by atoms with Crippen molar-refractivity contribution in [3.8, 4) is 0 Å². The molecule has 0 saturated carbocycles. The maximum Gasteiger partial charge on any atom is -0.0291 e. The predicted molar refractivity (Wildman–Crippen MR) is 134 cm³/mol. The summed E-state index contributed by atoms with van der Waals surface area (Å²) < 4.78 is 0. The first-order valence-corrected chi connectivity index (χ1v) is 9.26. The highest BCUT2D eigenvalue weighted by Crippen LogP contribution is 1.94. The minimum absolute atomic E-state index is 0. The number of hydrogen-bond acceptors (Lipinski definition) is 0. The summed E-state index contributed by atoms with van der Waals surface area (Å²) in [5.74, 6) is 0.718. The molecule has 0 aliphatic carbocycles. The minimum Gasteiger partial charge on any atom is -0.0917 e. The topological polar surface area (TPSA) is 0 Å². The van der Waals surface area contributed by atoms with E-state index in [0.717, 1.165) is 12.3 Å². The number of hydrogen-bond donors (Lipinski definition) is 0. The Kier molecular flexibility index (Phi) is 75.0. The van der Waals surface area contributed by atoms with Crippen molar-refractivity contribution in [3.63, 3.8) is 0 Å². The van der Waals surface area contributed by atoms with E-state index in [9.17, 15) is 0 Å². The molecule has 162 valence electrons. The van der Waals surface area contributed by atoms with Crippen molar-refractivity contribution in [1.82, 2.24) is 0 Å². The quantitative estimate of drug-likeness (QED) is 0.431. The third-order valence-corrected chi connectivity index (χ3v) is 2.71. The average Bonchev–Trinajstić information content (AvgIpc) is 2.49. The fourth-order valence-electron chi connectivity index (χ4n) is 1.23. The van der Waals surface area contributed by atoms with Gasteiger partial charge in [-0.25, -0.2) is 0 Å². The van der Waals surface area contributed by atoms with Gasteiger partial charge in [0.2, 0.25) is 0 Å². The summed E-state index contributed by atoms with van der Waals surface area (Å²) in [7, 11) is 0. The molecule has 0 fully saturated rings. The second-order valence-electron chi connectivity index (χ2n) is 5.93. The zero-order chi connectivity index (χ0) is 19.1. The Hall–Kier alpha value is -1.04. The molecule has 0 heterocycles. The standard InChI is InChI=1S/3C6H12.C5H10.3CH4/c2*1-4-5-6(2)3;1-4-6(3)5-2;1-3-5-4-2;;;/h5H,4H2,1-3H3;4-6H,1-3H3;4H,5H2,1-3H3;3,5H,4H2,1-2H3;3*1H4. The van der Waals surface area contributed by atoms with Crippen LogP contribution in [0, 0.1) is 5.92 Å². The van der Waals surface area contributed by atoms with Gasteiger partial charge >= 0.3 is 0 Å². The summed E-state index contributed by atoms with van der Waals surface area (Å²) in [5.41, 5.74) is 2.88. The second kappa shape index (κ2) is 43.9. The van der Waals surface area contributed by atoms with Crippen LogP contribution in [0.2, 0.25) is 0 Å². The summed E-state index contributed by atoms with van der Waals surface area (Å²) in [5, 5.41) is 0. The maximum atomic E-state index is 2.21. The smallest absolute Gasteiger partial charge is 0.0291 e. The van der Waals surface area contributed by atoms with Crippen molar-refractivity contribution >= 4 is 0 Å². The highest BCUT2D eigenvalue weighted by atomic mass is 13.8. The van der Waals surface area contributed by atoms with Crippen LogP contribution >= 0.6 is 0 Å². The molecular weight excluding hydrogens is 312 g/mol. The number of allylic oxidation sites excluding steroid dienone is 8. The van der Waals surface area contributed by atoms with Crippen LogP contribution in [-0.4, -0.2) is 0 Å². The van der Waals surface area contributed by atoms with Gasteiger partial charge in [0, 0.05) is 0 Å². The molecule has 0 aromatic heterocycles. The van der Waals surface area contributed by atoms with Gasteiger partial charge in [0.05, 0.1) is 0 Å². The molecule has 0 spiro atoms. The van der Waals surface area contributed by atoms with Crippen LogP contribution in [0.15, 0.2) is 47.6 Å². The lowest BCUT2D eigenvalue weighted by Gasteiger charge is -1.86. The Morgan fingerprint density at radius 2 is 1.23 bits per heavy atom. The molecule has 0 amide bonds. The van der Waals surface area contributed by atoms with Crippen molar-refractivity contribution in [1.29, 1.82) is 0 Å². The van der Waals surface area contributed by atoms with Crippen LogP contribution < -0.4 is 0 Å². The van der Waals surface area contributed by atoms with Gasteiger partial charge < -0.3 is 0 Å². The lowest BCUT2D eigenvalue weighted by Crippen LogP contribution is -1.73. The molecule has 0 aromatic carbocycles. The zero-order valence-electron chi connectivity index (χ0n) is 18.2. The van der Waals surface area contributed by atoms with Crippen molar-refractivity contribution < 1.29 is 0 Å². The highest BCUT2D eigenvalue weighted by molar-refractivity contribution is 4.93. The molecule has 0 N–H and O–H groups in total. The van der Waals surface area contributed by atoms with Gasteiger partial charge in [-0.05, 0) is 66.7 Å². The summed E-state index contributed by atoms with van der Waals surface area (Å²) in [6.45, 7) is 23.3. The lowest BCUT2D eigenvalue weighted by atomic mass is 10.2. The van der Waals surface area contributed by atoms with Crippen molar-refractivity contribution in [3.05, 3.63) is 47.6 Å². The van der Waals surface area contributed by atoms with Crippen LogP contribution in [0.4, 0.5) is 0 Å². The van der Waals surface area contributed by atoms with E-state index in [4.69, 9.17) is 0 Å². The van der Waals surface area contributed by atoms with Crippen molar-refractivity contribution in [2.45, 2.75) is 118 Å². The van der Waals surface area contributed by atoms with E-state index < -0.39 is 0 Å². The molecule has 0 aliphatic rings. The van der Waals surface area contributed by atoms with Crippen LogP contribution in [-0.2, 0) is 0 Å². The molecule has 0 atom stereocenters. The Morgan fingerprint density at radius 3 is 1.23 bits per heavy atom. The maximum absolute atomic E-state index is 2.21. The van der Waals surface area contributed by atoms with Crippen molar-refractivity contribution in [2.24, 2.45) is 5.92 Å². The summed E-state index contributed by atoms with van der Waals surface area (Å²) in [6.07, 6.45) is 16.3. The Balaban J connectivity index is -0.0000000357. The summed E-state index contributed by atoms with van der Waals surface area (Å²) in [6, 6.07) is 0. The zero-order valence-corrected chi connectivity index (χ0v) is 18.2. The molecule has 26 heavy (non-hydrogen) atoms. The van der Waals surface area contributed by atoms with Crippen LogP contribution in [0.25, 0.3) is 0 Å². The fraction of sp³-hybridized carbons (Fsp3) is 0.692. The van der Waals surface area contributed by atoms with E-state index in [1.165, 1.54) is 24.0 Å². The second-order valence-corrected chi connectivity index (χ2v) is 5.93. The van der Waals surface area contributed by atoms with Gasteiger partial charge in [0.25, 0.3) is 0 Å². The Morgan fingerprint density at radius 1 is 0.769 bits per heavy atom. The molecule has 0 bridgehead atoms. The van der Waals surface area contributed by atoms with Gasteiger partial charge in [0.15, 0.2) is 0 Å². The van der Waals surface area contributed by atoms with Gasteiger partial charge in [0.1, 0.15) is 0 Å². The van der Waals surface area contributed by atoms with E-state index in [0.29, 0.717) is 0 Å². The first-order chi connectivity index (χ1) is 10.8. The molecule has 0 saturated heterocycles. The minimum atomic E-state index is 0. The SMILES string of the molecule is C.C.C.CC=C(C)CC.CC=CC(C)C.CC=CCC.CCC=C(C)C. The monoisotopic (exact) mass is 370 g/mol. The van der Waals surface area contributed by atoms with Crippen LogP contribution in [0.5, 0.6) is 0 Å². The van der Waals surface area contributed by atoms with E-state index >= 15 is 0 Å². The van der Waals surface area contributed by atoms with Crippen LogP contribution in [0.1, 0.15) is 118 Å². The molecule has 0 nitrogen and oxygen atoms in total. The fourth-order valence-corrected chi connectivity index (χ4v) is 1.23. The van der Waals surface area contributed by atoms with E-state index in [1.54, 1.807) is 0 Å². The van der Waals surface area contributed by atoms with Gasteiger partial charge in [-0.2, -0.15) is 0 Å². The molecule has 0 radical (unpaired) electrons. The molecule has 0 rings (SSSR count). The first-order valence-electron chi connectivity index (χ1n) is 9.26. The van der Waals surface area contributed by atoms with Gasteiger partial charge in [-0.15, -0.1) is 0 Å². The van der Waals surface area contributed by atoms with Gasteiger partial charge in [-0.1, -0.05) is 105 Å². The summed E-state index contributed by atoms with van der Waals surface area (Å²) in [4.78, 5) is 0. The largest absolute Gasteiger partial charge is 0.0917 e. The predicted octanol–water partition coefficient (Wildman–Crippen LogP) is 10.8. The lowest BCUT2D eigenvalue weighted by molar-refractivity contribution is 0.830. The summed E-state index contributed by atoms with van der Waals surface area (Å²) >= 11 is 0. The normalized spacial score (nSPS) is 9.15. The molecule has 0 unspecified atom stereocenters. The third kappa shape index (κ3) is 92.2. The third-order valence-electron chi connectivity index (χ3n) is 2.71. The average molecular weight is 371 g/mol.